The molecule has 5 heteroatoms. The molecule has 0 bridgehead atoms. The van der Waals surface area contributed by atoms with Crippen LogP contribution in [0.25, 0.3) is 0 Å². The first kappa shape index (κ1) is 15.5. The van der Waals surface area contributed by atoms with Crippen LogP contribution in [-0.4, -0.2) is 30.0 Å². The molecular formula is C16H21NO4. The van der Waals surface area contributed by atoms with Gasteiger partial charge < -0.3 is 15.6 Å². The number of carbonyl (C=O) groups is 2. The highest BCUT2D eigenvalue weighted by Gasteiger charge is 2.32. The molecule has 0 aliphatic heterocycles. The third kappa shape index (κ3) is 3.61. The molecule has 5 nitrogen and oxygen atoms in total. The summed E-state index contributed by atoms with van der Waals surface area (Å²) in [6, 6.07) is 6.34. The number of aliphatic carboxylic acids is 1. The fourth-order valence-electron chi connectivity index (χ4n) is 2.89. The fraction of sp³-hybridized carbons (Fsp3) is 0.500. The highest BCUT2D eigenvalue weighted by Crippen LogP contribution is 2.31. The molecule has 0 saturated heterocycles. The van der Waals surface area contributed by atoms with E-state index in [9.17, 15) is 9.59 Å². The van der Waals surface area contributed by atoms with Gasteiger partial charge in [-0.15, -0.1) is 0 Å². The van der Waals surface area contributed by atoms with E-state index in [0.29, 0.717) is 37.0 Å². The normalized spacial score (nSPS) is 23.3. The van der Waals surface area contributed by atoms with E-state index in [1.807, 2.05) is 0 Å². The number of ether oxygens (including phenoxy) is 1. The van der Waals surface area contributed by atoms with Gasteiger partial charge in [0.1, 0.15) is 5.75 Å². The molecule has 21 heavy (non-hydrogen) atoms. The Hall–Kier alpha value is -1.88. The molecule has 1 aromatic rings. The van der Waals surface area contributed by atoms with Crippen molar-refractivity contribution in [3.05, 3.63) is 29.8 Å². The number of benzene rings is 1. The molecule has 0 radical (unpaired) electrons. The number of carboxylic acid groups (broad SMARTS) is 1. The largest absolute Gasteiger partial charge is 0.497 e. The number of Topliss-reactive ketones (excluding diaryl/α,β-unsaturated/α-hetero) is 1. The van der Waals surface area contributed by atoms with E-state index in [0.717, 1.165) is 0 Å². The Bertz CT molecular complexity index is 504. The van der Waals surface area contributed by atoms with Gasteiger partial charge in [-0.25, -0.2) is 0 Å². The lowest BCUT2D eigenvalue weighted by Crippen LogP contribution is -2.40. The first-order valence-electron chi connectivity index (χ1n) is 7.19. The molecular weight excluding hydrogens is 270 g/mol. The van der Waals surface area contributed by atoms with Crippen molar-refractivity contribution in [1.29, 1.82) is 0 Å². The maximum Gasteiger partial charge on any atom is 0.306 e. The summed E-state index contributed by atoms with van der Waals surface area (Å²) in [7, 11) is 1.57. The van der Waals surface area contributed by atoms with Crippen molar-refractivity contribution >= 4 is 11.8 Å². The average molecular weight is 291 g/mol. The van der Waals surface area contributed by atoms with Crippen molar-refractivity contribution in [2.75, 3.05) is 7.11 Å². The fourth-order valence-corrected chi connectivity index (χ4v) is 2.89. The average Bonchev–Trinajstić information content (AvgIpc) is 2.53. The van der Waals surface area contributed by atoms with Crippen molar-refractivity contribution < 1.29 is 19.4 Å². The van der Waals surface area contributed by atoms with Crippen molar-refractivity contribution in [3.63, 3.8) is 0 Å². The summed E-state index contributed by atoms with van der Waals surface area (Å²) >= 11 is 0. The van der Waals surface area contributed by atoms with Crippen LogP contribution in [0.2, 0.25) is 0 Å². The smallest absolute Gasteiger partial charge is 0.306 e. The Morgan fingerprint density at radius 2 is 1.76 bits per heavy atom. The van der Waals surface area contributed by atoms with Crippen LogP contribution in [0.15, 0.2) is 24.3 Å². The van der Waals surface area contributed by atoms with Gasteiger partial charge in [-0.1, -0.05) is 0 Å². The predicted molar refractivity (Wildman–Crippen MR) is 78.4 cm³/mol. The summed E-state index contributed by atoms with van der Waals surface area (Å²) in [5.74, 6) is -0.359. The molecule has 2 rings (SSSR count). The Labute approximate surface area is 124 Å². The molecule has 0 heterocycles. The van der Waals surface area contributed by atoms with Crippen LogP contribution in [-0.2, 0) is 4.79 Å². The monoisotopic (exact) mass is 291 g/mol. The molecule has 1 fully saturated rings. The topological polar surface area (TPSA) is 89.6 Å². The minimum atomic E-state index is -0.747. The van der Waals surface area contributed by atoms with Crippen molar-refractivity contribution in [1.82, 2.24) is 0 Å². The molecule has 3 N–H and O–H groups in total. The molecule has 1 aliphatic carbocycles. The van der Waals surface area contributed by atoms with Crippen LogP contribution >= 0.6 is 0 Å². The van der Waals surface area contributed by atoms with E-state index in [1.165, 1.54) is 0 Å². The zero-order chi connectivity index (χ0) is 15.4. The molecule has 1 saturated carbocycles. The van der Waals surface area contributed by atoms with Crippen LogP contribution in [0, 0.1) is 11.8 Å². The number of nitrogens with two attached hydrogens (primary N) is 1. The van der Waals surface area contributed by atoms with E-state index in [-0.39, 0.29) is 17.6 Å². The number of rotatable bonds is 5. The zero-order valence-corrected chi connectivity index (χ0v) is 12.1. The van der Waals surface area contributed by atoms with Crippen LogP contribution < -0.4 is 10.5 Å². The number of ketones is 1. The molecule has 0 spiro atoms. The number of hydrogen-bond donors (Lipinski definition) is 2. The second kappa shape index (κ2) is 6.72. The second-order valence-electron chi connectivity index (χ2n) is 5.57. The van der Waals surface area contributed by atoms with Crippen molar-refractivity contribution in [2.24, 2.45) is 17.6 Å². The molecule has 114 valence electrons. The summed E-state index contributed by atoms with van der Waals surface area (Å²) in [6.07, 6.45) is 2.59. The number of carboxylic acids is 1. The van der Waals surface area contributed by atoms with Gasteiger partial charge in [0, 0.05) is 5.56 Å². The van der Waals surface area contributed by atoms with Gasteiger partial charge in [-0.2, -0.15) is 0 Å². The lowest BCUT2D eigenvalue weighted by molar-refractivity contribution is -0.143. The third-order valence-electron chi connectivity index (χ3n) is 4.31. The van der Waals surface area contributed by atoms with E-state index in [2.05, 4.69) is 0 Å². The molecule has 1 aromatic carbocycles. The van der Waals surface area contributed by atoms with Crippen LogP contribution in [0.1, 0.15) is 36.0 Å². The predicted octanol–water partition coefficient (Wildman–Crippen LogP) is 2.10. The maximum absolute atomic E-state index is 12.4. The number of hydrogen-bond acceptors (Lipinski definition) is 4. The lowest BCUT2D eigenvalue weighted by atomic mass is 9.77. The SMILES string of the molecule is COc1ccc(C(=O)C(N)C2CCC(C(=O)O)CC2)cc1. The van der Waals surface area contributed by atoms with Gasteiger partial charge >= 0.3 is 5.97 Å². The van der Waals surface area contributed by atoms with Gasteiger partial charge in [0.2, 0.25) is 0 Å². The van der Waals surface area contributed by atoms with E-state index in [4.69, 9.17) is 15.6 Å². The molecule has 1 unspecified atom stereocenters. The first-order valence-corrected chi connectivity index (χ1v) is 7.19. The van der Waals surface area contributed by atoms with E-state index in [1.54, 1.807) is 31.4 Å². The molecule has 1 atom stereocenters. The summed E-state index contributed by atoms with van der Waals surface area (Å²) < 4.78 is 5.06. The van der Waals surface area contributed by atoms with Crippen LogP contribution in [0.3, 0.4) is 0 Å². The Balaban J connectivity index is 1.97. The molecule has 0 aromatic heterocycles. The Kier molecular flexibility index (Phi) is 4.96. The summed E-state index contributed by atoms with van der Waals surface area (Å²) in [4.78, 5) is 23.3. The van der Waals surface area contributed by atoms with Crippen LogP contribution in [0.5, 0.6) is 5.75 Å². The Morgan fingerprint density at radius 1 is 1.19 bits per heavy atom. The number of methoxy groups -OCH3 is 1. The van der Waals surface area contributed by atoms with Gasteiger partial charge in [0.15, 0.2) is 5.78 Å². The summed E-state index contributed by atoms with van der Waals surface area (Å²) in [5, 5.41) is 8.99. The number of carbonyl (C=O) groups excluding carboxylic acids is 1. The third-order valence-corrected chi connectivity index (χ3v) is 4.31. The first-order chi connectivity index (χ1) is 10.0. The minimum absolute atomic E-state index is 0.0650. The van der Waals surface area contributed by atoms with Gasteiger partial charge in [0.05, 0.1) is 19.1 Å². The quantitative estimate of drug-likeness (QED) is 0.811. The standard InChI is InChI=1S/C16H21NO4/c1-21-13-8-6-11(7-9-13)15(18)14(17)10-2-4-12(5-3-10)16(19)20/h6-10,12,14H,2-5,17H2,1H3,(H,19,20). The molecule has 1 aliphatic rings. The summed E-state index contributed by atoms with van der Waals surface area (Å²) in [6.45, 7) is 0. The second-order valence-corrected chi connectivity index (χ2v) is 5.57. The zero-order valence-electron chi connectivity index (χ0n) is 12.1. The lowest BCUT2D eigenvalue weighted by Gasteiger charge is -2.29. The van der Waals surface area contributed by atoms with Gasteiger partial charge in [0.25, 0.3) is 0 Å². The minimum Gasteiger partial charge on any atom is -0.497 e. The van der Waals surface area contributed by atoms with E-state index >= 15 is 0 Å². The summed E-state index contributed by atoms with van der Waals surface area (Å²) in [5.41, 5.74) is 6.66. The Morgan fingerprint density at radius 3 is 2.24 bits per heavy atom. The molecule has 0 amide bonds. The van der Waals surface area contributed by atoms with Gasteiger partial charge in [-0.3, -0.25) is 9.59 Å². The maximum atomic E-state index is 12.4. The highest BCUT2D eigenvalue weighted by molar-refractivity contribution is 6.00. The van der Waals surface area contributed by atoms with E-state index < -0.39 is 12.0 Å². The van der Waals surface area contributed by atoms with Crippen molar-refractivity contribution in [2.45, 2.75) is 31.7 Å². The highest BCUT2D eigenvalue weighted by atomic mass is 16.5. The van der Waals surface area contributed by atoms with Gasteiger partial charge in [-0.05, 0) is 55.9 Å². The van der Waals surface area contributed by atoms with Crippen molar-refractivity contribution in [3.8, 4) is 5.75 Å². The van der Waals surface area contributed by atoms with Crippen LogP contribution in [0.4, 0.5) is 0 Å².